The molecular weight excluding hydrogens is 424 g/mol. The van der Waals surface area contributed by atoms with E-state index in [1.165, 1.54) is 0 Å². The first kappa shape index (κ1) is 22.1. The molecule has 1 heterocycles. The molecule has 4 rings (SSSR count). The Morgan fingerprint density at radius 3 is 2.66 bits per heavy atom. The molecule has 0 N–H and O–H groups in total. The lowest BCUT2D eigenvalue weighted by molar-refractivity contribution is 0.0511. The van der Waals surface area contributed by atoms with Crippen LogP contribution in [0.3, 0.4) is 0 Å². The predicted molar refractivity (Wildman–Crippen MR) is 125 cm³/mol. The summed E-state index contributed by atoms with van der Waals surface area (Å²) in [7, 11) is -1.95. The summed E-state index contributed by atoms with van der Waals surface area (Å²) in [6, 6.07) is 18.8. The molecule has 6 nitrogen and oxygen atoms in total. The van der Waals surface area contributed by atoms with E-state index in [0.29, 0.717) is 29.8 Å². The molecule has 3 aromatic rings. The van der Waals surface area contributed by atoms with Crippen LogP contribution in [0.25, 0.3) is 10.8 Å². The first-order chi connectivity index (χ1) is 15.5. The minimum atomic E-state index is -3.51. The molecule has 166 valence electrons. The minimum absolute atomic E-state index is 0.105. The molecule has 1 aliphatic rings. The number of unbranched alkanes of at least 4 members (excludes halogenated alkanes) is 1. The summed E-state index contributed by atoms with van der Waals surface area (Å²) in [6.07, 6.45) is 1.97. The molecule has 0 aliphatic carbocycles. The van der Waals surface area contributed by atoms with E-state index in [-0.39, 0.29) is 18.6 Å². The quantitative estimate of drug-likeness (QED) is 0.455. The lowest BCUT2D eigenvalue weighted by Crippen LogP contribution is -2.34. The lowest BCUT2D eigenvalue weighted by atomic mass is 9.98. The van der Waals surface area contributed by atoms with Gasteiger partial charge in [0.15, 0.2) is 6.79 Å². The van der Waals surface area contributed by atoms with E-state index in [9.17, 15) is 13.7 Å². The van der Waals surface area contributed by atoms with Gasteiger partial charge in [-0.3, -0.25) is 4.31 Å². The zero-order valence-electron chi connectivity index (χ0n) is 18.2. The first-order valence-electron chi connectivity index (χ1n) is 10.7. The number of benzene rings is 3. The zero-order valence-corrected chi connectivity index (χ0v) is 19.1. The van der Waals surface area contributed by atoms with E-state index < -0.39 is 10.0 Å². The van der Waals surface area contributed by atoms with Crippen LogP contribution in [0.5, 0.6) is 5.75 Å². The van der Waals surface area contributed by atoms with Gasteiger partial charge in [-0.05, 0) is 64.7 Å². The predicted octanol–water partition coefficient (Wildman–Crippen LogP) is 4.93. The average Bonchev–Trinajstić information content (AvgIpc) is 3.20. The number of rotatable bonds is 8. The number of fused-ring (bicyclic) bond motifs is 2. The number of hydrogen-bond donors (Lipinski definition) is 0. The van der Waals surface area contributed by atoms with Crippen LogP contribution >= 0.6 is 0 Å². The summed E-state index contributed by atoms with van der Waals surface area (Å²) in [4.78, 5) is 0. The van der Waals surface area contributed by atoms with Gasteiger partial charge in [-0.15, -0.1) is 0 Å². The fourth-order valence-corrected chi connectivity index (χ4v) is 6.09. The van der Waals surface area contributed by atoms with E-state index >= 15 is 0 Å². The van der Waals surface area contributed by atoms with Gasteiger partial charge in [0.25, 0.3) is 0 Å². The summed E-state index contributed by atoms with van der Waals surface area (Å²) in [6.45, 7) is 2.12. The molecule has 1 aliphatic heterocycles. The number of nitrogens with zero attached hydrogens (tertiary/aromatic N) is 2. The molecule has 1 atom stereocenters. The van der Waals surface area contributed by atoms with Gasteiger partial charge in [0.1, 0.15) is 5.75 Å². The number of hydrogen-bond acceptors (Lipinski definition) is 5. The smallest absolute Gasteiger partial charge is 0.235 e. The SMILES string of the molecule is CCCCS(=O)(=O)N1c2ccc(OCOC)cc2CC1c1ccc2ccc(C#N)cc2c1. The van der Waals surface area contributed by atoms with Crippen LogP contribution in [-0.2, 0) is 21.2 Å². The normalized spacial score (nSPS) is 15.5. The maximum absolute atomic E-state index is 13.4. The highest BCUT2D eigenvalue weighted by atomic mass is 32.2. The van der Waals surface area contributed by atoms with Crippen molar-refractivity contribution >= 4 is 26.5 Å². The maximum Gasteiger partial charge on any atom is 0.235 e. The van der Waals surface area contributed by atoms with Crippen molar-refractivity contribution < 1.29 is 17.9 Å². The Kier molecular flexibility index (Phi) is 6.35. The summed E-state index contributed by atoms with van der Waals surface area (Å²) in [5, 5.41) is 11.2. The number of methoxy groups -OCH3 is 1. The molecule has 0 spiro atoms. The van der Waals surface area contributed by atoms with Gasteiger partial charge in [-0.1, -0.05) is 31.5 Å². The van der Waals surface area contributed by atoms with E-state index in [0.717, 1.165) is 28.3 Å². The van der Waals surface area contributed by atoms with Gasteiger partial charge < -0.3 is 9.47 Å². The standard InChI is InChI=1S/C25H26N2O4S/c1-3-4-11-32(28,29)27-24-10-9-23(31-17-30-2)14-22(24)15-25(27)20-8-7-19-6-5-18(16-26)12-21(19)13-20/h5-10,12-14,25H,3-4,11,15,17H2,1-2H3. The second kappa shape index (κ2) is 9.19. The highest BCUT2D eigenvalue weighted by molar-refractivity contribution is 7.92. The molecule has 0 fully saturated rings. The van der Waals surface area contributed by atoms with Crippen molar-refractivity contribution in [3.63, 3.8) is 0 Å². The van der Waals surface area contributed by atoms with Gasteiger partial charge in [-0.25, -0.2) is 8.42 Å². The third-order valence-corrected chi connectivity index (χ3v) is 7.62. The third kappa shape index (κ3) is 4.29. The van der Waals surface area contributed by atoms with Crippen molar-refractivity contribution in [3.05, 3.63) is 71.3 Å². The topological polar surface area (TPSA) is 79.6 Å². The minimum Gasteiger partial charge on any atom is -0.468 e. The Labute approximate surface area is 189 Å². The van der Waals surface area contributed by atoms with Gasteiger partial charge in [0.2, 0.25) is 10.0 Å². The Morgan fingerprint density at radius 2 is 1.91 bits per heavy atom. The Hall–Kier alpha value is -3.08. The highest BCUT2D eigenvalue weighted by Gasteiger charge is 2.38. The summed E-state index contributed by atoms with van der Waals surface area (Å²) >= 11 is 0. The molecule has 32 heavy (non-hydrogen) atoms. The molecule has 0 saturated carbocycles. The van der Waals surface area contributed by atoms with Crippen LogP contribution in [0.2, 0.25) is 0 Å². The Morgan fingerprint density at radius 1 is 1.09 bits per heavy atom. The third-order valence-electron chi connectivity index (χ3n) is 5.76. The molecular formula is C25H26N2O4S. The lowest BCUT2D eigenvalue weighted by Gasteiger charge is -2.27. The molecule has 0 saturated heterocycles. The molecule has 0 bridgehead atoms. The fourth-order valence-electron chi connectivity index (χ4n) is 4.18. The monoisotopic (exact) mass is 450 g/mol. The Bertz CT molecular complexity index is 1280. The molecule has 1 unspecified atom stereocenters. The molecule has 0 aromatic heterocycles. The van der Waals surface area contributed by atoms with E-state index in [4.69, 9.17) is 9.47 Å². The molecule has 7 heteroatoms. The maximum atomic E-state index is 13.4. The summed E-state index contributed by atoms with van der Waals surface area (Å²) < 4.78 is 38.9. The highest BCUT2D eigenvalue weighted by Crippen LogP contribution is 2.44. The second-order valence-corrected chi connectivity index (χ2v) is 9.93. The first-order valence-corrected chi connectivity index (χ1v) is 12.3. The average molecular weight is 451 g/mol. The van der Waals surface area contributed by atoms with Crippen LogP contribution in [0, 0.1) is 11.3 Å². The molecule has 0 amide bonds. The van der Waals surface area contributed by atoms with Crippen molar-refractivity contribution in [2.75, 3.05) is 24.0 Å². The Balaban J connectivity index is 1.78. The van der Waals surface area contributed by atoms with Crippen LogP contribution < -0.4 is 9.04 Å². The summed E-state index contributed by atoms with van der Waals surface area (Å²) in [5.74, 6) is 0.752. The van der Waals surface area contributed by atoms with Gasteiger partial charge in [-0.2, -0.15) is 5.26 Å². The molecule has 3 aromatic carbocycles. The largest absolute Gasteiger partial charge is 0.468 e. The van der Waals surface area contributed by atoms with E-state index in [1.54, 1.807) is 23.5 Å². The van der Waals surface area contributed by atoms with E-state index in [2.05, 4.69) is 6.07 Å². The zero-order chi connectivity index (χ0) is 22.7. The number of nitriles is 1. The van der Waals surface area contributed by atoms with E-state index in [1.807, 2.05) is 49.4 Å². The fraction of sp³-hybridized carbons (Fsp3) is 0.320. The van der Waals surface area contributed by atoms with Crippen molar-refractivity contribution in [2.45, 2.75) is 32.2 Å². The van der Waals surface area contributed by atoms with Gasteiger partial charge in [0, 0.05) is 13.5 Å². The number of anilines is 1. The molecule has 0 radical (unpaired) electrons. The summed E-state index contributed by atoms with van der Waals surface area (Å²) in [5.41, 5.74) is 3.11. The van der Waals surface area contributed by atoms with Crippen molar-refractivity contribution in [1.82, 2.24) is 0 Å². The van der Waals surface area contributed by atoms with Crippen LogP contribution in [0.1, 0.15) is 42.5 Å². The van der Waals surface area contributed by atoms with Crippen molar-refractivity contribution in [1.29, 1.82) is 5.26 Å². The van der Waals surface area contributed by atoms with Crippen LogP contribution in [0.4, 0.5) is 5.69 Å². The van der Waals surface area contributed by atoms with Crippen LogP contribution in [0.15, 0.2) is 54.6 Å². The van der Waals surface area contributed by atoms with Crippen molar-refractivity contribution in [2.24, 2.45) is 0 Å². The van der Waals surface area contributed by atoms with Gasteiger partial charge in [0.05, 0.1) is 29.1 Å². The number of sulfonamides is 1. The number of ether oxygens (including phenoxy) is 2. The second-order valence-electron chi connectivity index (χ2n) is 7.96. The van der Waals surface area contributed by atoms with Crippen LogP contribution in [-0.4, -0.2) is 28.1 Å². The van der Waals surface area contributed by atoms with Gasteiger partial charge >= 0.3 is 0 Å². The van der Waals surface area contributed by atoms with Crippen molar-refractivity contribution in [3.8, 4) is 11.8 Å².